The second kappa shape index (κ2) is 4.81. The molecule has 2 aliphatic heterocycles. The number of thioether (sulfide) groups is 1. The van der Waals surface area contributed by atoms with Gasteiger partial charge < -0.3 is 25.0 Å². The molecule has 0 aromatic carbocycles. The largest absolute Gasteiger partial charge is 0.467 e. The molecule has 0 aromatic heterocycles. The fourth-order valence-electron chi connectivity index (χ4n) is 1.79. The summed E-state index contributed by atoms with van der Waals surface area (Å²) in [5.74, 6) is -0.700. The molecule has 0 amide bonds. The highest BCUT2D eigenvalue weighted by Crippen LogP contribution is 2.35. The highest BCUT2D eigenvalue weighted by atomic mass is 32.2. The topological polar surface area (TPSA) is 100 Å². The maximum Gasteiger partial charge on any atom is 0.337 e. The molecule has 0 bridgehead atoms. The van der Waals surface area contributed by atoms with Crippen molar-refractivity contribution in [1.29, 1.82) is 0 Å². The van der Waals surface area contributed by atoms with Gasteiger partial charge in [0.2, 0.25) is 0 Å². The lowest BCUT2D eigenvalue weighted by molar-refractivity contribution is -0.187. The minimum Gasteiger partial charge on any atom is -0.467 e. The number of aliphatic hydroxyl groups excluding tert-OH is 2. The Hall–Kier alpha value is -0.830. The van der Waals surface area contributed by atoms with Crippen LogP contribution in [0.25, 0.3) is 0 Å². The standard InChI is InChI=1S/C9H14N2O5S/c1-10-9-11-3-4(12)5(13)6(7(14)15-2)16-8(3)17-9/h3-6,8,12-13H,1-2H3,(H,10,11)/t3-,4+,5-,6-,8-/m0/s1. The van der Waals surface area contributed by atoms with Crippen LogP contribution in [0.3, 0.4) is 0 Å². The molecule has 2 heterocycles. The van der Waals surface area contributed by atoms with Crippen LogP contribution in [0.5, 0.6) is 0 Å². The molecule has 1 saturated heterocycles. The first-order chi connectivity index (χ1) is 8.08. The highest BCUT2D eigenvalue weighted by Gasteiger charge is 2.50. The van der Waals surface area contributed by atoms with Crippen molar-refractivity contribution < 1.29 is 24.5 Å². The third-order valence-corrected chi connectivity index (χ3v) is 3.87. The third kappa shape index (κ3) is 2.13. The number of ether oxygens (including phenoxy) is 2. The van der Waals surface area contributed by atoms with Gasteiger partial charge in [0, 0.05) is 7.05 Å². The number of nitrogens with zero attached hydrogens (tertiary/aromatic N) is 1. The van der Waals surface area contributed by atoms with Gasteiger partial charge in [-0.2, -0.15) is 0 Å². The summed E-state index contributed by atoms with van der Waals surface area (Å²) >= 11 is 1.27. The maximum absolute atomic E-state index is 11.4. The molecule has 0 aliphatic carbocycles. The van der Waals surface area contributed by atoms with Gasteiger partial charge in [0.05, 0.1) is 7.11 Å². The Morgan fingerprint density at radius 1 is 1.53 bits per heavy atom. The monoisotopic (exact) mass is 262 g/mol. The minimum absolute atomic E-state index is 0.486. The first kappa shape index (κ1) is 12.6. The van der Waals surface area contributed by atoms with Crippen LogP contribution in [-0.4, -0.2) is 65.3 Å². The SMILES string of the molecule is CNC1=N[C@H]2[C@@H](O)[C@H](O)[C@@H](C(=O)OC)O[C@H]2S1. The van der Waals surface area contributed by atoms with Crippen LogP contribution in [0.4, 0.5) is 0 Å². The molecule has 0 radical (unpaired) electrons. The number of hydrogen-bond donors (Lipinski definition) is 3. The van der Waals surface area contributed by atoms with Crippen LogP contribution >= 0.6 is 11.8 Å². The maximum atomic E-state index is 11.4. The number of amidine groups is 1. The predicted octanol–water partition coefficient (Wildman–Crippen LogP) is -1.70. The Bertz CT molecular complexity index is 350. The molecule has 0 spiro atoms. The van der Waals surface area contributed by atoms with E-state index in [1.54, 1.807) is 7.05 Å². The number of esters is 1. The van der Waals surface area contributed by atoms with E-state index in [0.717, 1.165) is 0 Å². The summed E-state index contributed by atoms with van der Waals surface area (Å²) in [5, 5.41) is 23.1. The molecule has 8 heteroatoms. The highest BCUT2D eigenvalue weighted by molar-refractivity contribution is 8.14. The van der Waals surface area contributed by atoms with Gasteiger partial charge >= 0.3 is 5.97 Å². The number of carbonyl (C=O) groups excluding carboxylic acids is 1. The summed E-state index contributed by atoms with van der Waals surface area (Å²) in [6, 6.07) is -0.571. The number of rotatable bonds is 1. The number of aliphatic hydroxyl groups is 2. The van der Waals surface area contributed by atoms with Crippen LogP contribution < -0.4 is 5.32 Å². The Kier molecular flexibility index (Phi) is 3.57. The molecule has 7 nitrogen and oxygen atoms in total. The fourth-order valence-corrected chi connectivity index (χ4v) is 2.85. The lowest BCUT2D eigenvalue weighted by Crippen LogP contribution is -2.57. The quantitative estimate of drug-likeness (QED) is 0.484. The van der Waals surface area contributed by atoms with E-state index in [1.807, 2.05) is 0 Å². The molecule has 3 N–H and O–H groups in total. The van der Waals surface area contributed by atoms with E-state index in [4.69, 9.17) is 4.74 Å². The third-order valence-electron chi connectivity index (χ3n) is 2.71. The average molecular weight is 262 g/mol. The smallest absolute Gasteiger partial charge is 0.337 e. The Morgan fingerprint density at radius 2 is 2.24 bits per heavy atom. The van der Waals surface area contributed by atoms with Gasteiger partial charge in [0.1, 0.15) is 23.7 Å². The molecule has 17 heavy (non-hydrogen) atoms. The molecular formula is C9H14N2O5S. The number of carbonyl (C=O) groups is 1. The first-order valence-corrected chi connectivity index (χ1v) is 5.98. The second-order valence-electron chi connectivity index (χ2n) is 3.72. The van der Waals surface area contributed by atoms with E-state index < -0.39 is 35.8 Å². The number of fused-ring (bicyclic) bond motifs is 1. The zero-order valence-corrected chi connectivity index (χ0v) is 10.2. The predicted molar refractivity (Wildman–Crippen MR) is 60.6 cm³/mol. The van der Waals surface area contributed by atoms with Crippen molar-refractivity contribution >= 4 is 22.9 Å². The van der Waals surface area contributed by atoms with E-state index in [9.17, 15) is 15.0 Å². The number of aliphatic imine (C=N–C) groups is 1. The summed E-state index contributed by atoms with van der Waals surface area (Å²) in [6.07, 6.45) is -3.64. The van der Waals surface area contributed by atoms with Crippen LogP contribution in [0.15, 0.2) is 4.99 Å². The van der Waals surface area contributed by atoms with Gasteiger partial charge in [-0.15, -0.1) is 0 Å². The summed E-state index contributed by atoms with van der Waals surface area (Å²) in [7, 11) is 2.90. The number of nitrogens with one attached hydrogen (secondary N) is 1. The van der Waals surface area contributed by atoms with Crippen molar-refractivity contribution in [2.75, 3.05) is 14.2 Å². The molecule has 2 rings (SSSR count). The molecule has 0 saturated carbocycles. The molecule has 96 valence electrons. The normalized spacial score (nSPS) is 40.5. The van der Waals surface area contributed by atoms with Crippen LogP contribution in [0.2, 0.25) is 0 Å². The van der Waals surface area contributed by atoms with E-state index in [2.05, 4.69) is 15.0 Å². The molecule has 0 aromatic rings. The lowest BCUT2D eigenvalue weighted by Gasteiger charge is -2.36. The van der Waals surface area contributed by atoms with Gasteiger partial charge in [0.15, 0.2) is 11.3 Å². The number of hydrogen-bond acceptors (Lipinski definition) is 8. The zero-order chi connectivity index (χ0) is 12.6. The van der Waals surface area contributed by atoms with Crippen molar-refractivity contribution in [2.24, 2.45) is 4.99 Å². The lowest BCUT2D eigenvalue weighted by atomic mass is 9.98. The summed E-state index contributed by atoms with van der Waals surface area (Å²) < 4.78 is 9.91. The Balaban J connectivity index is 2.15. The van der Waals surface area contributed by atoms with Crippen molar-refractivity contribution in [1.82, 2.24) is 5.32 Å². The Labute approximate surface area is 102 Å². The van der Waals surface area contributed by atoms with Crippen molar-refractivity contribution in [2.45, 2.75) is 29.8 Å². The molecule has 1 fully saturated rings. The fraction of sp³-hybridized carbons (Fsp3) is 0.778. The molecule has 2 aliphatic rings. The molecule has 0 unspecified atom stereocenters. The number of methoxy groups -OCH3 is 1. The van der Waals surface area contributed by atoms with E-state index in [1.165, 1.54) is 18.9 Å². The van der Waals surface area contributed by atoms with Crippen molar-refractivity contribution in [3.05, 3.63) is 0 Å². The molecular weight excluding hydrogens is 248 g/mol. The average Bonchev–Trinajstić information content (AvgIpc) is 2.76. The molecule has 5 atom stereocenters. The van der Waals surface area contributed by atoms with Crippen molar-refractivity contribution in [3.63, 3.8) is 0 Å². The minimum atomic E-state index is -1.33. The van der Waals surface area contributed by atoms with Gasteiger partial charge in [-0.25, -0.2) is 4.79 Å². The van der Waals surface area contributed by atoms with E-state index >= 15 is 0 Å². The van der Waals surface area contributed by atoms with Gasteiger partial charge in [-0.1, -0.05) is 11.8 Å². The van der Waals surface area contributed by atoms with Crippen molar-refractivity contribution in [3.8, 4) is 0 Å². The zero-order valence-electron chi connectivity index (χ0n) is 9.36. The summed E-state index contributed by atoms with van der Waals surface area (Å²) in [5.41, 5.74) is -0.486. The van der Waals surface area contributed by atoms with E-state index in [-0.39, 0.29) is 0 Å². The Morgan fingerprint density at radius 3 is 2.82 bits per heavy atom. The van der Waals surface area contributed by atoms with Crippen LogP contribution in [-0.2, 0) is 14.3 Å². The summed E-state index contributed by atoms with van der Waals surface area (Å²) in [6.45, 7) is 0. The van der Waals surface area contributed by atoms with Gasteiger partial charge in [0.25, 0.3) is 0 Å². The van der Waals surface area contributed by atoms with Crippen LogP contribution in [0, 0.1) is 0 Å². The van der Waals surface area contributed by atoms with Gasteiger partial charge in [-0.3, -0.25) is 4.99 Å². The van der Waals surface area contributed by atoms with E-state index in [0.29, 0.717) is 5.17 Å². The second-order valence-corrected chi connectivity index (χ2v) is 4.81. The summed E-state index contributed by atoms with van der Waals surface area (Å²) in [4.78, 5) is 15.5. The van der Waals surface area contributed by atoms with Crippen LogP contribution in [0.1, 0.15) is 0 Å². The first-order valence-electron chi connectivity index (χ1n) is 5.10. The van der Waals surface area contributed by atoms with Gasteiger partial charge in [-0.05, 0) is 0 Å².